The Morgan fingerprint density at radius 2 is 1.57 bits per heavy atom. The number of benzene rings is 2. The highest BCUT2D eigenvalue weighted by atomic mass is 16.7. The summed E-state index contributed by atoms with van der Waals surface area (Å²) in [6.45, 7) is 3.65. The van der Waals surface area contributed by atoms with Crippen LogP contribution in [0, 0.1) is 0 Å². The lowest BCUT2D eigenvalue weighted by Crippen LogP contribution is -2.09. The van der Waals surface area contributed by atoms with Crippen LogP contribution in [-0.4, -0.2) is 40.5 Å². The lowest BCUT2D eigenvalue weighted by atomic mass is 9.91. The molecular formula is C21H24O7. The van der Waals surface area contributed by atoms with Gasteiger partial charge in [-0.1, -0.05) is 6.92 Å². The highest BCUT2D eigenvalue weighted by Crippen LogP contribution is 2.45. The van der Waals surface area contributed by atoms with Gasteiger partial charge in [0.1, 0.15) is 12.4 Å². The van der Waals surface area contributed by atoms with Crippen molar-refractivity contribution >= 4 is 5.78 Å². The highest BCUT2D eigenvalue weighted by Gasteiger charge is 2.24. The van der Waals surface area contributed by atoms with E-state index in [1.54, 1.807) is 27.4 Å². The molecule has 28 heavy (non-hydrogen) atoms. The number of Topliss-reactive ketones (excluding diaryl/α,β-unsaturated/α-hetero) is 1. The van der Waals surface area contributed by atoms with Crippen LogP contribution in [0.1, 0.15) is 30.9 Å². The number of hydrogen-bond donors (Lipinski definition) is 0. The second-order valence-corrected chi connectivity index (χ2v) is 6.41. The number of methoxy groups -OCH3 is 3. The largest absolute Gasteiger partial charge is 0.493 e. The fraction of sp³-hybridized carbons (Fsp3) is 0.381. The molecule has 150 valence electrons. The van der Waals surface area contributed by atoms with E-state index >= 15 is 0 Å². The van der Waals surface area contributed by atoms with E-state index in [1.165, 1.54) is 6.92 Å². The smallest absolute Gasteiger partial charge is 0.231 e. The molecule has 0 spiro atoms. The van der Waals surface area contributed by atoms with Gasteiger partial charge in [0.25, 0.3) is 0 Å². The Hall–Kier alpha value is -3.09. The summed E-state index contributed by atoms with van der Waals surface area (Å²) in [5, 5.41) is 0. The summed E-state index contributed by atoms with van der Waals surface area (Å²) in [6, 6.07) is 7.43. The van der Waals surface area contributed by atoms with Crippen LogP contribution in [0.15, 0.2) is 24.3 Å². The Morgan fingerprint density at radius 1 is 0.964 bits per heavy atom. The number of carbonyl (C=O) groups excluding carboxylic acids is 1. The van der Waals surface area contributed by atoms with Crippen molar-refractivity contribution in [3.05, 3.63) is 35.4 Å². The summed E-state index contributed by atoms with van der Waals surface area (Å²) in [5.74, 6) is 3.30. The number of fused-ring (bicyclic) bond motifs is 1. The first-order valence-corrected chi connectivity index (χ1v) is 8.84. The van der Waals surface area contributed by atoms with Crippen molar-refractivity contribution in [3.63, 3.8) is 0 Å². The minimum Gasteiger partial charge on any atom is -0.493 e. The van der Waals surface area contributed by atoms with Gasteiger partial charge in [-0.2, -0.15) is 0 Å². The van der Waals surface area contributed by atoms with Crippen molar-refractivity contribution in [2.75, 3.05) is 34.7 Å². The van der Waals surface area contributed by atoms with E-state index in [4.69, 9.17) is 28.4 Å². The standard InChI is InChI=1S/C21H24O7/c1-12(22)10-26-16-9-18-17(27-11-28-18)8-15(16)13(2)14-6-19(23-3)21(25-5)20(7-14)24-4/h6-9,13H,10-11H2,1-5H3. The van der Waals surface area contributed by atoms with Crippen molar-refractivity contribution in [3.8, 4) is 34.5 Å². The number of carbonyl (C=O) groups is 1. The van der Waals surface area contributed by atoms with E-state index in [0.29, 0.717) is 34.5 Å². The molecule has 0 fully saturated rings. The summed E-state index contributed by atoms with van der Waals surface area (Å²) in [6.07, 6.45) is 0. The molecule has 1 atom stereocenters. The monoisotopic (exact) mass is 388 g/mol. The second-order valence-electron chi connectivity index (χ2n) is 6.41. The van der Waals surface area contributed by atoms with E-state index in [0.717, 1.165) is 11.1 Å². The Morgan fingerprint density at radius 3 is 2.11 bits per heavy atom. The lowest BCUT2D eigenvalue weighted by molar-refractivity contribution is -0.118. The van der Waals surface area contributed by atoms with Gasteiger partial charge in [0.2, 0.25) is 12.5 Å². The predicted molar refractivity (Wildman–Crippen MR) is 102 cm³/mol. The summed E-state index contributed by atoms with van der Waals surface area (Å²) in [7, 11) is 4.72. The molecule has 1 unspecified atom stereocenters. The van der Waals surface area contributed by atoms with Crippen molar-refractivity contribution < 1.29 is 33.2 Å². The van der Waals surface area contributed by atoms with Crippen LogP contribution in [0.5, 0.6) is 34.5 Å². The normalized spacial score (nSPS) is 13.0. The molecule has 1 heterocycles. The first kappa shape index (κ1) is 19.7. The molecule has 0 amide bonds. The third-order valence-electron chi connectivity index (χ3n) is 4.59. The van der Waals surface area contributed by atoms with E-state index in [9.17, 15) is 4.79 Å². The van der Waals surface area contributed by atoms with Gasteiger partial charge in [-0.05, 0) is 30.7 Å². The minimum absolute atomic E-state index is 0.0192. The first-order chi connectivity index (χ1) is 13.5. The lowest BCUT2D eigenvalue weighted by Gasteiger charge is -2.20. The van der Waals surface area contributed by atoms with Gasteiger partial charge in [-0.25, -0.2) is 0 Å². The summed E-state index contributed by atoms with van der Waals surface area (Å²) in [4.78, 5) is 11.4. The molecule has 0 N–H and O–H groups in total. The maximum atomic E-state index is 11.4. The summed E-state index contributed by atoms with van der Waals surface area (Å²) >= 11 is 0. The number of hydrogen-bond acceptors (Lipinski definition) is 7. The van der Waals surface area contributed by atoms with E-state index < -0.39 is 0 Å². The van der Waals surface area contributed by atoms with Gasteiger partial charge >= 0.3 is 0 Å². The molecule has 7 heteroatoms. The average molecular weight is 388 g/mol. The zero-order valence-corrected chi connectivity index (χ0v) is 16.7. The van der Waals surface area contributed by atoms with Crippen LogP contribution in [-0.2, 0) is 4.79 Å². The molecule has 0 bridgehead atoms. The Kier molecular flexibility index (Phi) is 5.82. The quantitative estimate of drug-likeness (QED) is 0.685. The SMILES string of the molecule is COc1cc(C(C)c2cc3c(cc2OCC(C)=O)OCO3)cc(OC)c1OC. The highest BCUT2D eigenvalue weighted by molar-refractivity contribution is 5.77. The Bertz CT molecular complexity index is 850. The molecule has 0 saturated carbocycles. The van der Waals surface area contributed by atoms with Crippen LogP contribution in [0.3, 0.4) is 0 Å². The molecule has 2 aromatic carbocycles. The topological polar surface area (TPSA) is 72.5 Å². The Labute approximate surface area is 164 Å². The molecular weight excluding hydrogens is 364 g/mol. The van der Waals surface area contributed by atoms with Gasteiger partial charge in [0, 0.05) is 17.5 Å². The zero-order chi connectivity index (χ0) is 20.3. The van der Waals surface area contributed by atoms with Gasteiger partial charge < -0.3 is 28.4 Å². The molecule has 0 aliphatic carbocycles. The fourth-order valence-electron chi connectivity index (χ4n) is 3.11. The van der Waals surface area contributed by atoms with Gasteiger partial charge in [0.15, 0.2) is 28.8 Å². The minimum atomic E-state index is -0.106. The maximum absolute atomic E-state index is 11.4. The zero-order valence-electron chi connectivity index (χ0n) is 16.7. The maximum Gasteiger partial charge on any atom is 0.231 e. The fourth-order valence-corrected chi connectivity index (χ4v) is 3.11. The number of ether oxygens (including phenoxy) is 6. The second kappa shape index (κ2) is 8.29. The van der Waals surface area contributed by atoms with E-state index in [1.807, 2.05) is 25.1 Å². The number of rotatable bonds is 8. The molecule has 0 saturated heterocycles. The average Bonchev–Trinajstić information content (AvgIpc) is 3.17. The van der Waals surface area contributed by atoms with Gasteiger partial charge in [-0.3, -0.25) is 4.79 Å². The molecule has 1 aliphatic rings. The van der Waals surface area contributed by atoms with Crippen molar-refractivity contribution in [2.45, 2.75) is 19.8 Å². The van der Waals surface area contributed by atoms with Crippen LogP contribution < -0.4 is 28.4 Å². The molecule has 3 rings (SSSR count). The molecule has 0 aromatic heterocycles. The van der Waals surface area contributed by atoms with Gasteiger partial charge in [-0.15, -0.1) is 0 Å². The molecule has 0 radical (unpaired) electrons. The van der Waals surface area contributed by atoms with Crippen LogP contribution in [0.25, 0.3) is 0 Å². The van der Waals surface area contributed by atoms with Crippen molar-refractivity contribution in [1.82, 2.24) is 0 Å². The number of ketones is 1. The third-order valence-corrected chi connectivity index (χ3v) is 4.59. The predicted octanol–water partition coefficient (Wildman–Crippen LogP) is 3.56. The van der Waals surface area contributed by atoms with Gasteiger partial charge in [0.05, 0.1) is 21.3 Å². The molecule has 2 aromatic rings. The van der Waals surface area contributed by atoms with Crippen molar-refractivity contribution in [1.29, 1.82) is 0 Å². The first-order valence-electron chi connectivity index (χ1n) is 8.84. The van der Waals surface area contributed by atoms with Crippen LogP contribution >= 0.6 is 0 Å². The van der Waals surface area contributed by atoms with Crippen LogP contribution in [0.2, 0.25) is 0 Å². The molecule has 1 aliphatic heterocycles. The van der Waals surface area contributed by atoms with E-state index in [-0.39, 0.29) is 25.1 Å². The summed E-state index contributed by atoms with van der Waals surface area (Å²) < 4.78 is 33.0. The van der Waals surface area contributed by atoms with E-state index in [2.05, 4.69) is 0 Å². The third kappa shape index (κ3) is 3.78. The van der Waals surface area contributed by atoms with Crippen molar-refractivity contribution in [2.24, 2.45) is 0 Å². The molecule has 7 nitrogen and oxygen atoms in total. The summed E-state index contributed by atoms with van der Waals surface area (Å²) in [5.41, 5.74) is 1.79. The Balaban J connectivity index is 2.06. The van der Waals surface area contributed by atoms with Crippen LogP contribution in [0.4, 0.5) is 0 Å².